The summed E-state index contributed by atoms with van der Waals surface area (Å²) in [6, 6.07) is 4.01. The minimum Gasteiger partial charge on any atom is -0.356 e. The van der Waals surface area contributed by atoms with E-state index in [-0.39, 0.29) is 0 Å². The van der Waals surface area contributed by atoms with E-state index in [1.54, 1.807) is 11.3 Å². The van der Waals surface area contributed by atoms with Crippen LogP contribution in [0, 0.1) is 6.92 Å². The Morgan fingerprint density at radius 3 is 3.24 bits per heavy atom. The normalized spacial score (nSPS) is 14.8. The minimum absolute atomic E-state index is 0.598. The largest absolute Gasteiger partial charge is 0.356 e. The minimum atomic E-state index is 0.598. The van der Waals surface area contributed by atoms with Gasteiger partial charge in [-0.05, 0) is 13.0 Å². The smallest absolute Gasteiger partial charge is 0.136 e. The molecule has 0 bridgehead atoms. The zero-order valence-corrected chi connectivity index (χ0v) is 10.4. The van der Waals surface area contributed by atoms with Crippen molar-refractivity contribution in [3.8, 4) is 0 Å². The summed E-state index contributed by atoms with van der Waals surface area (Å²) in [5.74, 6) is 1.03. The summed E-state index contributed by atoms with van der Waals surface area (Å²) >= 11 is 1.72. The molecular formula is C12H13N3OS. The molecule has 0 saturated heterocycles. The standard InChI is InChI=1S/C12H13N3OS/c1-9-14-5-11(17-9)6-15-8-16-7-10-3-2-4-13-12(10)15/h2-5H,6-8H2,1H3. The SMILES string of the molecule is Cc1ncc(CN2COCc3cccnc32)s1. The average molecular weight is 247 g/mol. The summed E-state index contributed by atoms with van der Waals surface area (Å²) in [5.41, 5.74) is 1.15. The third kappa shape index (κ3) is 2.16. The van der Waals surface area contributed by atoms with Crippen LogP contribution < -0.4 is 4.90 Å². The van der Waals surface area contributed by atoms with Gasteiger partial charge in [-0.15, -0.1) is 11.3 Å². The van der Waals surface area contributed by atoms with E-state index < -0.39 is 0 Å². The molecule has 17 heavy (non-hydrogen) atoms. The topological polar surface area (TPSA) is 38.2 Å². The number of hydrogen-bond donors (Lipinski definition) is 0. The Balaban J connectivity index is 1.85. The molecule has 88 valence electrons. The lowest BCUT2D eigenvalue weighted by atomic mass is 10.2. The molecule has 0 N–H and O–H groups in total. The van der Waals surface area contributed by atoms with E-state index in [2.05, 4.69) is 20.9 Å². The molecule has 3 rings (SSSR count). The maximum absolute atomic E-state index is 5.56. The predicted octanol–water partition coefficient (Wildman–Crippen LogP) is 2.34. The number of nitrogens with zero attached hydrogens (tertiary/aromatic N) is 3. The summed E-state index contributed by atoms with van der Waals surface area (Å²) in [4.78, 5) is 12.1. The summed E-state index contributed by atoms with van der Waals surface area (Å²) < 4.78 is 5.56. The monoisotopic (exact) mass is 247 g/mol. The van der Waals surface area contributed by atoms with Gasteiger partial charge in [0, 0.05) is 22.8 Å². The molecule has 5 heteroatoms. The number of pyridine rings is 1. The Morgan fingerprint density at radius 2 is 2.41 bits per heavy atom. The van der Waals surface area contributed by atoms with E-state index in [4.69, 9.17) is 4.74 Å². The van der Waals surface area contributed by atoms with Crippen LogP contribution in [-0.4, -0.2) is 16.7 Å². The lowest BCUT2D eigenvalue weighted by Crippen LogP contribution is -2.30. The maximum Gasteiger partial charge on any atom is 0.136 e. The van der Waals surface area contributed by atoms with Crippen LogP contribution in [0.4, 0.5) is 5.82 Å². The van der Waals surface area contributed by atoms with Crippen molar-refractivity contribution >= 4 is 17.2 Å². The highest BCUT2D eigenvalue weighted by Crippen LogP contribution is 2.25. The number of thiazole rings is 1. The number of anilines is 1. The Morgan fingerprint density at radius 1 is 1.47 bits per heavy atom. The van der Waals surface area contributed by atoms with Gasteiger partial charge in [0.25, 0.3) is 0 Å². The van der Waals surface area contributed by atoms with Crippen molar-refractivity contribution < 1.29 is 4.74 Å². The molecule has 0 aliphatic carbocycles. The van der Waals surface area contributed by atoms with Crippen molar-refractivity contribution in [2.75, 3.05) is 11.6 Å². The van der Waals surface area contributed by atoms with Crippen LogP contribution in [0.2, 0.25) is 0 Å². The van der Waals surface area contributed by atoms with Gasteiger partial charge in [0.05, 0.1) is 18.2 Å². The molecule has 2 aromatic rings. The molecular weight excluding hydrogens is 234 g/mol. The second kappa shape index (κ2) is 4.43. The number of hydrogen-bond acceptors (Lipinski definition) is 5. The summed E-state index contributed by atoms with van der Waals surface area (Å²) in [6.45, 7) is 4.09. The Hall–Kier alpha value is -1.46. The molecule has 1 aliphatic heterocycles. The van der Waals surface area contributed by atoms with Crippen molar-refractivity contribution in [2.45, 2.75) is 20.1 Å². The highest BCUT2D eigenvalue weighted by molar-refractivity contribution is 7.11. The lowest BCUT2D eigenvalue weighted by molar-refractivity contribution is 0.108. The van der Waals surface area contributed by atoms with Crippen molar-refractivity contribution in [2.24, 2.45) is 0 Å². The van der Waals surface area contributed by atoms with E-state index in [9.17, 15) is 0 Å². The molecule has 0 saturated carbocycles. The Labute approximate surface area is 104 Å². The first-order valence-electron chi connectivity index (χ1n) is 5.51. The fourth-order valence-electron chi connectivity index (χ4n) is 1.94. The van der Waals surface area contributed by atoms with Crippen molar-refractivity contribution in [1.29, 1.82) is 0 Å². The fraction of sp³-hybridized carbons (Fsp3) is 0.333. The molecule has 0 aromatic carbocycles. The van der Waals surface area contributed by atoms with Crippen molar-refractivity contribution in [1.82, 2.24) is 9.97 Å². The van der Waals surface area contributed by atoms with Crippen LogP contribution in [0.3, 0.4) is 0 Å². The van der Waals surface area contributed by atoms with E-state index >= 15 is 0 Å². The quantitative estimate of drug-likeness (QED) is 0.816. The van der Waals surface area contributed by atoms with Crippen molar-refractivity contribution in [3.05, 3.63) is 40.0 Å². The fourth-order valence-corrected chi connectivity index (χ4v) is 2.75. The van der Waals surface area contributed by atoms with E-state index in [0.717, 1.165) is 22.9 Å². The second-order valence-electron chi connectivity index (χ2n) is 4.01. The number of aryl methyl sites for hydroxylation is 1. The van der Waals surface area contributed by atoms with Gasteiger partial charge in [-0.1, -0.05) is 6.07 Å². The number of fused-ring (bicyclic) bond motifs is 1. The number of ether oxygens (including phenoxy) is 1. The van der Waals surface area contributed by atoms with Crippen LogP contribution in [0.1, 0.15) is 15.4 Å². The van der Waals surface area contributed by atoms with Gasteiger partial charge in [0.15, 0.2) is 0 Å². The Bertz CT molecular complexity index is 526. The van der Waals surface area contributed by atoms with Crippen LogP contribution in [0.25, 0.3) is 0 Å². The zero-order valence-electron chi connectivity index (χ0n) is 9.59. The molecule has 4 nitrogen and oxygen atoms in total. The third-order valence-electron chi connectivity index (χ3n) is 2.69. The predicted molar refractivity (Wildman–Crippen MR) is 66.9 cm³/mol. The van der Waals surface area contributed by atoms with E-state index in [1.165, 1.54) is 4.88 Å². The molecule has 0 radical (unpaired) electrons. The van der Waals surface area contributed by atoms with Gasteiger partial charge < -0.3 is 9.64 Å². The van der Waals surface area contributed by atoms with Crippen LogP contribution in [-0.2, 0) is 17.9 Å². The molecule has 0 atom stereocenters. The Kier molecular flexibility index (Phi) is 2.78. The van der Waals surface area contributed by atoms with E-state index in [1.807, 2.05) is 25.4 Å². The summed E-state index contributed by atoms with van der Waals surface area (Å²) in [6.07, 6.45) is 3.76. The summed E-state index contributed by atoms with van der Waals surface area (Å²) in [5, 5.41) is 1.10. The molecule has 2 aromatic heterocycles. The highest BCUT2D eigenvalue weighted by atomic mass is 32.1. The molecule has 3 heterocycles. The second-order valence-corrected chi connectivity index (χ2v) is 5.33. The van der Waals surface area contributed by atoms with Gasteiger partial charge in [-0.25, -0.2) is 9.97 Å². The maximum atomic E-state index is 5.56. The molecule has 0 amide bonds. The molecule has 0 unspecified atom stereocenters. The first-order chi connectivity index (χ1) is 8.33. The van der Waals surface area contributed by atoms with Gasteiger partial charge in [-0.2, -0.15) is 0 Å². The van der Waals surface area contributed by atoms with Gasteiger partial charge >= 0.3 is 0 Å². The van der Waals surface area contributed by atoms with Crippen molar-refractivity contribution in [3.63, 3.8) is 0 Å². The van der Waals surface area contributed by atoms with E-state index in [0.29, 0.717) is 13.3 Å². The zero-order chi connectivity index (χ0) is 11.7. The molecule has 0 fully saturated rings. The number of rotatable bonds is 2. The van der Waals surface area contributed by atoms with Crippen LogP contribution in [0.15, 0.2) is 24.5 Å². The first-order valence-corrected chi connectivity index (χ1v) is 6.32. The molecule has 1 aliphatic rings. The number of aromatic nitrogens is 2. The van der Waals surface area contributed by atoms with Gasteiger partial charge in [0.2, 0.25) is 0 Å². The van der Waals surface area contributed by atoms with Gasteiger partial charge in [-0.3, -0.25) is 0 Å². The average Bonchev–Trinajstić information content (AvgIpc) is 2.75. The first kappa shape index (κ1) is 10.7. The molecule has 0 spiro atoms. The third-order valence-corrected chi connectivity index (χ3v) is 3.59. The lowest BCUT2D eigenvalue weighted by Gasteiger charge is -2.29. The van der Waals surface area contributed by atoms with Crippen LogP contribution in [0.5, 0.6) is 0 Å². The van der Waals surface area contributed by atoms with Gasteiger partial charge in [0.1, 0.15) is 12.5 Å². The summed E-state index contributed by atoms with van der Waals surface area (Å²) in [7, 11) is 0. The van der Waals surface area contributed by atoms with Crippen LogP contribution >= 0.6 is 11.3 Å². The highest BCUT2D eigenvalue weighted by Gasteiger charge is 2.18.